The Labute approximate surface area is 170 Å². The van der Waals surface area contributed by atoms with Gasteiger partial charge in [-0.15, -0.1) is 6.58 Å². The summed E-state index contributed by atoms with van der Waals surface area (Å²) in [5, 5.41) is 4.19. The molecule has 0 spiro atoms. The van der Waals surface area contributed by atoms with Gasteiger partial charge in [-0.25, -0.2) is 0 Å². The van der Waals surface area contributed by atoms with Crippen molar-refractivity contribution in [1.29, 1.82) is 0 Å². The molecule has 3 aromatic rings. The molecule has 1 aliphatic rings. The summed E-state index contributed by atoms with van der Waals surface area (Å²) in [4.78, 5) is 30.1. The van der Waals surface area contributed by atoms with Crippen molar-refractivity contribution in [1.82, 2.24) is 9.88 Å². The molecule has 0 bridgehead atoms. The molecule has 0 saturated carbocycles. The number of aromatic nitrogens is 1. The average Bonchev–Trinajstić information content (AvgIpc) is 3.19. The van der Waals surface area contributed by atoms with Gasteiger partial charge in [0.15, 0.2) is 0 Å². The lowest BCUT2D eigenvalue weighted by atomic mass is 9.96. The number of nitrogens with zero attached hydrogens (tertiary/aromatic N) is 1. The Morgan fingerprint density at radius 2 is 2.03 bits per heavy atom. The van der Waals surface area contributed by atoms with E-state index in [1.165, 1.54) is 0 Å². The summed E-state index contributed by atoms with van der Waals surface area (Å²) in [5.41, 5.74) is 3.88. The normalized spacial score (nSPS) is 16.6. The van der Waals surface area contributed by atoms with Crippen LogP contribution >= 0.6 is 0 Å². The lowest BCUT2D eigenvalue weighted by molar-refractivity contribution is -0.133. The van der Waals surface area contributed by atoms with Crippen LogP contribution in [-0.2, 0) is 9.59 Å². The monoisotopic (exact) mass is 387 g/mol. The Morgan fingerprint density at radius 3 is 2.86 bits per heavy atom. The number of carbonyl (C=O) groups excluding carboxylic acids is 2. The van der Waals surface area contributed by atoms with Crippen LogP contribution in [0.1, 0.15) is 19.3 Å². The third kappa shape index (κ3) is 4.24. The zero-order valence-electron chi connectivity index (χ0n) is 16.4. The van der Waals surface area contributed by atoms with Gasteiger partial charge in [-0.1, -0.05) is 36.4 Å². The van der Waals surface area contributed by atoms with Crippen molar-refractivity contribution in [3.63, 3.8) is 0 Å². The predicted molar refractivity (Wildman–Crippen MR) is 116 cm³/mol. The Bertz CT molecular complexity index is 1020. The molecule has 2 aromatic carbocycles. The minimum atomic E-state index is -0.186. The minimum Gasteiger partial charge on any atom is -0.355 e. The van der Waals surface area contributed by atoms with Crippen LogP contribution in [0.25, 0.3) is 22.2 Å². The SMILES string of the molecule is C=CCC(=O)N1CCCC(C(=O)Nc2cccc(-c3cc4ccccc4[nH]3)c2)C1. The second-order valence-corrected chi connectivity index (χ2v) is 7.51. The van der Waals surface area contributed by atoms with E-state index in [-0.39, 0.29) is 17.7 Å². The highest BCUT2D eigenvalue weighted by Crippen LogP contribution is 2.27. The molecule has 5 nitrogen and oxygen atoms in total. The summed E-state index contributed by atoms with van der Waals surface area (Å²) < 4.78 is 0. The minimum absolute atomic E-state index is 0.0325. The summed E-state index contributed by atoms with van der Waals surface area (Å²) >= 11 is 0. The van der Waals surface area contributed by atoms with E-state index in [0.29, 0.717) is 19.5 Å². The van der Waals surface area contributed by atoms with Crippen molar-refractivity contribution in [2.75, 3.05) is 18.4 Å². The highest BCUT2D eigenvalue weighted by Gasteiger charge is 2.28. The first-order valence-electron chi connectivity index (χ1n) is 10.0. The van der Waals surface area contributed by atoms with E-state index in [1.807, 2.05) is 42.5 Å². The van der Waals surface area contributed by atoms with E-state index in [2.05, 4.69) is 29.0 Å². The summed E-state index contributed by atoms with van der Waals surface area (Å²) in [6, 6.07) is 18.1. The summed E-state index contributed by atoms with van der Waals surface area (Å²) in [5.74, 6) is -0.178. The molecule has 29 heavy (non-hydrogen) atoms. The van der Waals surface area contributed by atoms with Gasteiger partial charge in [0.25, 0.3) is 0 Å². The van der Waals surface area contributed by atoms with E-state index in [4.69, 9.17) is 0 Å². The fourth-order valence-electron chi connectivity index (χ4n) is 3.91. The number of carbonyl (C=O) groups is 2. The number of piperidine rings is 1. The summed E-state index contributed by atoms with van der Waals surface area (Å²) in [6.07, 6.45) is 3.57. The number of para-hydroxylation sites is 1. The Balaban J connectivity index is 1.46. The topological polar surface area (TPSA) is 65.2 Å². The zero-order chi connectivity index (χ0) is 20.2. The van der Waals surface area contributed by atoms with Crippen molar-refractivity contribution >= 4 is 28.4 Å². The lowest BCUT2D eigenvalue weighted by Crippen LogP contribution is -2.43. The second-order valence-electron chi connectivity index (χ2n) is 7.51. The number of fused-ring (bicyclic) bond motifs is 1. The van der Waals surface area contributed by atoms with E-state index >= 15 is 0 Å². The van der Waals surface area contributed by atoms with E-state index < -0.39 is 0 Å². The van der Waals surface area contributed by atoms with E-state index in [9.17, 15) is 9.59 Å². The molecule has 5 heteroatoms. The number of benzene rings is 2. The fraction of sp³-hybridized carbons (Fsp3) is 0.250. The van der Waals surface area contributed by atoms with Crippen molar-refractivity contribution < 1.29 is 9.59 Å². The van der Waals surface area contributed by atoms with Gasteiger partial charge in [0.2, 0.25) is 11.8 Å². The maximum absolute atomic E-state index is 12.8. The van der Waals surface area contributed by atoms with Gasteiger partial charge in [0.05, 0.1) is 5.92 Å². The molecule has 1 aromatic heterocycles. The molecule has 148 valence electrons. The average molecular weight is 387 g/mol. The standard InChI is InChI=1S/C24H25N3O2/c1-2-7-23(28)27-13-6-10-19(16-27)24(29)25-20-11-5-9-17(14-20)22-15-18-8-3-4-12-21(18)26-22/h2-5,8-9,11-12,14-15,19,26H,1,6-7,10,13,16H2,(H,25,29). The lowest BCUT2D eigenvalue weighted by Gasteiger charge is -2.32. The smallest absolute Gasteiger partial charge is 0.229 e. The summed E-state index contributed by atoms with van der Waals surface area (Å²) in [7, 11) is 0. The summed E-state index contributed by atoms with van der Waals surface area (Å²) in [6.45, 7) is 4.81. The molecule has 1 atom stereocenters. The van der Waals surface area contributed by atoms with Crippen LogP contribution in [0.15, 0.2) is 67.3 Å². The molecular formula is C24H25N3O2. The number of rotatable bonds is 5. The van der Waals surface area contributed by atoms with Crippen LogP contribution in [-0.4, -0.2) is 34.8 Å². The van der Waals surface area contributed by atoms with Crippen molar-refractivity contribution in [3.05, 3.63) is 67.3 Å². The first-order chi connectivity index (χ1) is 14.1. The maximum atomic E-state index is 12.8. The first-order valence-corrected chi connectivity index (χ1v) is 10.0. The molecule has 1 aliphatic heterocycles. The van der Waals surface area contributed by atoms with Gasteiger partial charge in [-0.2, -0.15) is 0 Å². The van der Waals surface area contributed by atoms with Gasteiger partial charge in [-0.3, -0.25) is 9.59 Å². The highest BCUT2D eigenvalue weighted by molar-refractivity contribution is 5.94. The zero-order valence-corrected chi connectivity index (χ0v) is 16.4. The van der Waals surface area contributed by atoms with Gasteiger partial charge in [0, 0.05) is 47.4 Å². The molecular weight excluding hydrogens is 362 g/mol. The van der Waals surface area contributed by atoms with Crippen LogP contribution in [0, 0.1) is 5.92 Å². The van der Waals surface area contributed by atoms with Crippen molar-refractivity contribution in [3.8, 4) is 11.3 Å². The molecule has 1 saturated heterocycles. The van der Waals surface area contributed by atoms with E-state index in [1.54, 1.807) is 11.0 Å². The predicted octanol–water partition coefficient (Wildman–Crippen LogP) is 4.59. The van der Waals surface area contributed by atoms with Crippen LogP contribution in [0.5, 0.6) is 0 Å². The van der Waals surface area contributed by atoms with E-state index in [0.717, 1.165) is 40.7 Å². The molecule has 2 heterocycles. The van der Waals surface area contributed by atoms with Crippen molar-refractivity contribution in [2.45, 2.75) is 19.3 Å². The fourth-order valence-corrected chi connectivity index (χ4v) is 3.91. The van der Waals surface area contributed by atoms with Crippen LogP contribution < -0.4 is 5.32 Å². The third-order valence-corrected chi connectivity index (χ3v) is 5.43. The number of nitrogens with one attached hydrogen (secondary N) is 2. The second kappa shape index (κ2) is 8.35. The number of aromatic amines is 1. The molecule has 0 aliphatic carbocycles. The van der Waals surface area contributed by atoms with Crippen molar-refractivity contribution in [2.24, 2.45) is 5.92 Å². The third-order valence-electron chi connectivity index (χ3n) is 5.43. The quantitative estimate of drug-likeness (QED) is 0.629. The first kappa shape index (κ1) is 19.0. The molecule has 1 fully saturated rings. The van der Waals surface area contributed by atoms with Crippen LogP contribution in [0.2, 0.25) is 0 Å². The Morgan fingerprint density at radius 1 is 1.17 bits per heavy atom. The molecule has 0 radical (unpaired) electrons. The molecule has 1 unspecified atom stereocenters. The van der Waals surface area contributed by atoms with Gasteiger partial charge in [0.1, 0.15) is 0 Å². The van der Waals surface area contributed by atoms with Gasteiger partial charge < -0.3 is 15.2 Å². The number of hydrogen-bond acceptors (Lipinski definition) is 2. The van der Waals surface area contributed by atoms with Crippen LogP contribution in [0.4, 0.5) is 5.69 Å². The van der Waals surface area contributed by atoms with Gasteiger partial charge >= 0.3 is 0 Å². The molecule has 2 N–H and O–H groups in total. The van der Waals surface area contributed by atoms with Gasteiger partial charge in [-0.05, 0) is 37.1 Å². The highest BCUT2D eigenvalue weighted by atomic mass is 16.2. The molecule has 4 rings (SSSR count). The number of anilines is 1. The number of H-pyrrole nitrogens is 1. The van der Waals surface area contributed by atoms with Crippen LogP contribution in [0.3, 0.4) is 0 Å². The maximum Gasteiger partial charge on any atom is 0.229 e. The Kier molecular flexibility index (Phi) is 5.47. The largest absolute Gasteiger partial charge is 0.355 e. The number of hydrogen-bond donors (Lipinski definition) is 2. The Hall–Kier alpha value is -3.34. The number of likely N-dealkylation sites (tertiary alicyclic amines) is 1. The number of amides is 2. The molecule has 2 amide bonds.